The van der Waals surface area contributed by atoms with Gasteiger partial charge in [-0.2, -0.15) is 23.5 Å². The highest BCUT2D eigenvalue weighted by Crippen LogP contribution is 2.16. The molecule has 2 aromatic rings. The highest BCUT2D eigenvalue weighted by atomic mass is 32.2. The summed E-state index contributed by atoms with van der Waals surface area (Å²) in [6, 6.07) is 3.56. The number of aromatic nitrogens is 2. The van der Waals surface area contributed by atoms with Crippen LogP contribution in [0, 0.1) is 0 Å². The van der Waals surface area contributed by atoms with Crippen molar-refractivity contribution in [2.24, 2.45) is 0 Å². The van der Waals surface area contributed by atoms with Crippen molar-refractivity contribution in [3.63, 3.8) is 0 Å². The zero-order valence-corrected chi connectivity index (χ0v) is 12.3. The van der Waals surface area contributed by atoms with Gasteiger partial charge in [-0.25, -0.2) is 0 Å². The molecule has 2 N–H and O–H groups in total. The van der Waals surface area contributed by atoms with Crippen LogP contribution in [0.1, 0.15) is 11.4 Å². The van der Waals surface area contributed by atoms with Crippen LogP contribution in [-0.2, 0) is 11.5 Å². The Morgan fingerprint density at radius 1 is 0.900 bits per heavy atom. The summed E-state index contributed by atoms with van der Waals surface area (Å²) >= 11 is 3.02. The maximum Gasteiger partial charge on any atom is 0.124 e. The van der Waals surface area contributed by atoms with Gasteiger partial charge >= 0.3 is 0 Å². The second-order valence-electron chi connectivity index (χ2n) is 4.15. The summed E-state index contributed by atoms with van der Waals surface area (Å²) in [6.45, 7) is 0. The minimum Gasteiger partial charge on any atom is -0.390 e. The van der Waals surface area contributed by atoms with Crippen LogP contribution >= 0.6 is 23.5 Å². The Morgan fingerprint density at radius 3 is 1.70 bits per heavy atom. The van der Waals surface area contributed by atoms with Crippen LogP contribution in [-0.4, -0.2) is 44.2 Å². The highest BCUT2D eigenvalue weighted by Gasteiger charge is 2.16. The molecule has 110 valence electrons. The van der Waals surface area contributed by atoms with E-state index in [4.69, 9.17) is 9.05 Å². The number of thioether (sulfide) groups is 2. The number of hydrogen-bond acceptors (Lipinski definition) is 8. The second kappa shape index (κ2) is 8.35. The lowest BCUT2D eigenvalue weighted by molar-refractivity contribution is 0.0499. The molecule has 0 amide bonds. The molecule has 0 radical (unpaired) electrons. The fourth-order valence-corrected chi connectivity index (χ4v) is 3.29. The SMILES string of the molecule is OC(CSCc1ccon1)C(O)CSCc1ccon1. The van der Waals surface area contributed by atoms with Crippen molar-refractivity contribution in [2.45, 2.75) is 23.7 Å². The minimum absolute atomic E-state index is 0.457. The van der Waals surface area contributed by atoms with E-state index in [2.05, 4.69) is 10.3 Å². The molecule has 0 bridgehead atoms. The Balaban J connectivity index is 1.58. The lowest BCUT2D eigenvalue weighted by Gasteiger charge is -2.16. The monoisotopic (exact) mass is 316 g/mol. The van der Waals surface area contributed by atoms with E-state index in [9.17, 15) is 10.2 Å². The van der Waals surface area contributed by atoms with Crippen molar-refractivity contribution in [1.82, 2.24) is 10.3 Å². The summed E-state index contributed by atoms with van der Waals surface area (Å²) in [5.41, 5.74) is 1.66. The predicted octanol–water partition coefficient (Wildman–Crippen LogP) is 1.55. The molecule has 2 unspecified atom stereocenters. The van der Waals surface area contributed by atoms with Gasteiger partial charge in [-0.05, 0) is 0 Å². The van der Waals surface area contributed by atoms with Gasteiger partial charge in [-0.3, -0.25) is 0 Å². The fraction of sp³-hybridized carbons (Fsp3) is 0.500. The maximum atomic E-state index is 9.84. The first-order valence-corrected chi connectivity index (χ1v) is 8.37. The topological polar surface area (TPSA) is 92.5 Å². The molecule has 6 nitrogen and oxygen atoms in total. The average molecular weight is 316 g/mol. The van der Waals surface area contributed by atoms with Gasteiger partial charge in [0.1, 0.15) is 12.5 Å². The Bertz CT molecular complexity index is 420. The predicted molar refractivity (Wildman–Crippen MR) is 77.3 cm³/mol. The summed E-state index contributed by atoms with van der Waals surface area (Å²) in [6.07, 6.45) is 1.53. The third kappa shape index (κ3) is 5.20. The van der Waals surface area contributed by atoms with E-state index in [1.54, 1.807) is 12.1 Å². The first-order chi connectivity index (χ1) is 9.75. The van der Waals surface area contributed by atoms with E-state index in [-0.39, 0.29) is 0 Å². The average Bonchev–Trinajstić information content (AvgIpc) is 3.11. The third-order valence-corrected chi connectivity index (χ3v) is 4.66. The largest absolute Gasteiger partial charge is 0.390 e. The van der Waals surface area contributed by atoms with Crippen molar-refractivity contribution in [3.8, 4) is 0 Å². The molecule has 0 aromatic carbocycles. The second-order valence-corrected chi connectivity index (χ2v) is 6.21. The van der Waals surface area contributed by atoms with Crippen LogP contribution < -0.4 is 0 Å². The molecule has 0 aliphatic rings. The van der Waals surface area contributed by atoms with Gasteiger partial charge in [0.2, 0.25) is 0 Å². The lowest BCUT2D eigenvalue weighted by atomic mass is 10.3. The Labute approximate surface area is 124 Å². The van der Waals surface area contributed by atoms with E-state index in [1.807, 2.05) is 0 Å². The Morgan fingerprint density at radius 2 is 1.35 bits per heavy atom. The van der Waals surface area contributed by atoms with Gasteiger partial charge in [0.15, 0.2) is 0 Å². The van der Waals surface area contributed by atoms with Gasteiger partial charge in [0.05, 0.1) is 23.6 Å². The van der Waals surface area contributed by atoms with Gasteiger partial charge in [-0.1, -0.05) is 10.3 Å². The summed E-state index contributed by atoms with van der Waals surface area (Å²) in [5, 5.41) is 27.2. The molecule has 8 heteroatoms. The molecular formula is C12H16N2O4S2. The van der Waals surface area contributed by atoms with E-state index >= 15 is 0 Å². The van der Waals surface area contributed by atoms with Gasteiger partial charge in [0, 0.05) is 35.1 Å². The van der Waals surface area contributed by atoms with Crippen LogP contribution in [0.5, 0.6) is 0 Å². The van der Waals surface area contributed by atoms with Crippen molar-refractivity contribution < 1.29 is 19.3 Å². The first-order valence-electron chi connectivity index (χ1n) is 6.06. The third-order valence-electron chi connectivity index (χ3n) is 2.50. The zero-order valence-electron chi connectivity index (χ0n) is 10.7. The van der Waals surface area contributed by atoms with Gasteiger partial charge in [-0.15, -0.1) is 0 Å². The quantitative estimate of drug-likeness (QED) is 0.720. The van der Waals surface area contributed by atoms with Crippen molar-refractivity contribution in [3.05, 3.63) is 36.0 Å². The molecule has 0 spiro atoms. The van der Waals surface area contributed by atoms with Gasteiger partial charge < -0.3 is 19.3 Å². The highest BCUT2D eigenvalue weighted by molar-refractivity contribution is 7.98. The minimum atomic E-state index is -0.753. The molecule has 20 heavy (non-hydrogen) atoms. The molecular weight excluding hydrogens is 300 g/mol. The van der Waals surface area contributed by atoms with Crippen LogP contribution in [0.3, 0.4) is 0 Å². The van der Waals surface area contributed by atoms with Crippen LogP contribution in [0.15, 0.2) is 33.7 Å². The molecule has 0 saturated heterocycles. The maximum absolute atomic E-state index is 9.84. The number of nitrogens with zero attached hydrogens (tertiary/aromatic N) is 2. The molecule has 0 saturated carbocycles. The number of hydrogen-bond donors (Lipinski definition) is 2. The number of aliphatic hydroxyl groups excluding tert-OH is 2. The molecule has 2 aromatic heterocycles. The molecule has 0 fully saturated rings. The smallest absolute Gasteiger partial charge is 0.124 e. The standard InChI is InChI=1S/C12H16N2O4S2/c15-11(7-19-5-9-1-3-17-13-9)12(16)8-20-6-10-2-4-18-14-10/h1-4,11-12,15-16H,5-8H2. The Hall–Kier alpha value is -0.960. The molecule has 2 rings (SSSR count). The molecule has 0 aliphatic carbocycles. The van der Waals surface area contributed by atoms with E-state index < -0.39 is 12.2 Å². The lowest BCUT2D eigenvalue weighted by Crippen LogP contribution is -2.30. The fourth-order valence-electron chi connectivity index (χ4n) is 1.41. The van der Waals surface area contributed by atoms with Gasteiger partial charge in [0.25, 0.3) is 0 Å². The van der Waals surface area contributed by atoms with E-state index in [0.29, 0.717) is 23.0 Å². The molecule has 2 atom stereocenters. The normalized spacial score (nSPS) is 14.3. The van der Waals surface area contributed by atoms with Crippen LogP contribution in [0.2, 0.25) is 0 Å². The number of rotatable bonds is 9. The van der Waals surface area contributed by atoms with Crippen molar-refractivity contribution in [1.29, 1.82) is 0 Å². The van der Waals surface area contributed by atoms with Crippen molar-refractivity contribution >= 4 is 23.5 Å². The van der Waals surface area contributed by atoms with E-state index in [0.717, 1.165) is 11.4 Å². The van der Waals surface area contributed by atoms with Crippen LogP contribution in [0.25, 0.3) is 0 Å². The summed E-state index contributed by atoms with van der Waals surface area (Å²) in [7, 11) is 0. The Kier molecular flexibility index (Phi) is 6.44. The zero-order chi connectivity index (χ0) is 14.2. The number of aliphatic hydroxyl groups is 2. The summed E-state index contributed by atoms with van der Waals surface area (Å²) in [4.78, 5) is 0. The summed E-state index contributed by atoms with van der Waals surface area (Å²) in [5.74, 6) is 2.23. The van der Waals surface area contributed by atoms with Crippen LogP contribution in [0.4, 0.5) is 0 Å². The van der Waals surface area contributed by atoms with E-state index in [1.165, 1.54) is 36.1 Å². The molecule has 0 aliphatic heterocycles. The van der Waals surface area contributed by atoms with Crippen molar-refractivity contribution in [2.75, 3.05) is 11.5 Å². The molecule has 2 heterocycles. The summed E-state index contributed by atoms with van der Waals surface area (Å²) < 4.78 is 9.43. The first kappa shape index (κ1) is 15.4.